The van der Waals surface area contributed by atoms with Gasteiger partial charge in [-0.3, -0.25) is 4.57 Å². The number of aryl methyl sites for hydroxylation is 1. The minimum atomic E-state index is -3.57. The highest BCUT2D eigenvalue weighted by Gasteiger charge is 2.34. The predicted molar refractivity (Wildman–Crippen MR) is 102 cm³/mol. The average Bonchev–Trinajstić information content (AvgIpc) is 3.12. The molecule has 1 heterocycles. The van der Waals surface area contributed by atoms with Crippen LogP contribution in [0.1, 0.15) is 11.1 Å². The molecule has 0 saturated heterocycles. The summed E-state index contributed by atoms with van der Waals surface area (Å²) in [6, 6.07) is 17.5. The van der Waals surface area contributed by atoms with E-state index in [2.05, 4.69) is 10.3 Å². The smallest absolute Gasteiger partial charge is 0.384 e. The third-order valence-corrected chi connectivity index (χ3v) is 5.73. The lowest BCUT2D eigenvalue weighted by molar-refractivity contribution is 0.286. The van der Waals surface area contributed by atoms with Crippen LogP contribution in [-0.2, 0) is 20.2 Å². The van der Waals surface area contributed by atoms with Gasteiger partial charge in [0.1, 0.15) is 0 Å². The van der Waals surface area contributed by atoms with Crippen LogP contribution in [0.5, 0.6) is 0 Å². The minimum absolute atomic E-state index is 0.133. The first-order valence-corrected chi connectivity index (χ1v) is 9.68. The lowest BCUT2D eigenvalue weighted by atomic mass is 10.1. The van der Waals surface area contributed by atoms with Crippen molar-refractivity contribution in [2.24, 2.45) is 0 Å². The fourth-order valence-electron chi connectivity index (χ4n) is 2.46. The first-order chi connectivity index (χ1) is 12.6. The van der Waals surface area contributed by atoms with Crippen molar-refractivity contribution in [2.75, 3.05) is 19.5 Å². The molecule has 3 aromatic rings. The zero-order valence-electron chi connectivity index (χ0n) is 14.9. The number of anilines is 1. The molecule has 0 unspecified atom stereocenters. The Kier molecular flexibility index (Phi) is 5.57. The molecule has 0 spiro atoms. The quantitative estimate of drug-likeness (QED) is 0.621. The van der Waals surface area contributed by atoms with Crippen LogP contribution in [0.4, 0.5) is 5.88 Å². The molecule has 136 valence electrons. The number of oxazole rings is 1. The van der Waals surface area contributed by atoms with Gasteiger partial charge < -0.3 is 18.8 Å². The molecule has 0 amide bonds. The summed E-state index contributed by atoms with van der Waals surface area (Å²) in [7, 11) is -0.919. The number of benzene rings is 2. The van der Waals surface area contributed by atoms with E-state index in [-0.39, 0.29) is 11.3 Å². The third kappa shape index (κ3) is 3.88. The van der Waals surface area contributed by atoms with Gasteiger partial charge in [-0.1, -0.05) is 48.0 Å². The van der Waals surface area contributed by atoms with Crippen molar-refractivity contribution in [3.8, 4) is 11.5 Å². The molecule has 0 radical (unpaired) electrons. The van der Waals surface area contributed by atoms with Crippen LogP contribution in [0.2, 0.25) is 0 Å². The van der Waals surface area contributed by atoms with Gasteiger partial charge in [0, 0.05) is 26.3 Å². The van der Waals surface area contributed by atoms with Crippen molar-refractivity contribution < 1.29 is 18.0 Å². The number of nitrogens with zero attached hydrogens (tertiary/aromatic N) is 1. The summed E-state index contributed by atoms with van der Waals surface area (Å²) in [5.41, 5.74) is 3.09. The maximum atomic E-state index is 12.9. The molecular formula is C19H21N2O4P. The van der Waals surface area contributed by atoms with E-state index >= 15 is 0 Å². The van der Waals surface area contributed by atoms with E-state index in [0.717, 1.165) is 16.7 Å². The largest absolute Gasteiger partial charge is 0.420 e. The fourth-order valence-corrected chi connectivity index (χ4v) is 3.54. The van der Waals surface area contributed by atoms with Gasteiger partial charge in [0.25, 0.3) is 0 Å². The molecule has 0 bridgehead atoms. The summed E-state index contributed by atoms with van der Waals surface area (Å²) in [6.45, 7) is 2.49. The number of aromatic nitrogens is 1. The number of hydrogen-bond donors (Lipinski definition) is 1. The second kappa shape index (κ2) is 7.87. The molecule has 0 aliphatic carbocycles. The number of hydrogen-bond acceptors (Lipinski definition) is 6. The maximum Gasteiger partial charge on any atom is 0.384 e. The maximum absolute atomic E-state index is 12.9. The van der Waals surface area contributed by atoms with Crippen LogP contribution >= 0.6 is 7.60 Å². The highest BCUT2D eigenvalue weighted by molar-refractivity contribution is 7.62. The summed E-state index contributed by atoms with van der Waals surface area (Å²) < 4.78 is 28.9. The van der Waals surface area contributed by atoms with Crippen molar-refractivity contribution in [3.63, 3.8) is 0 Å². The molecule has 6 nitrogen and oxygen atoms in total. The number of nitrogens with one attached hydrogen (secondary N) is 1. The van der Waals surface area contributed by atoms with Gasteiger partial charge in [-0.25, -0.2) is 0 Å². The Hall–Kier alpha value is -2.40. The lowest BCUT2D eigenvalue weighted by Crippen LogP contribution is -2.14. The monoisotopic (exact) mass is 372 g/mol. The van der Waals surface area contributed by atoms with E-state index in [0.29, 0.717) is 12.4 Å². The van der Waals surface area contributed by atoms with Gasteiger partial charge >= 0.3 is 7.60 Å². The Bertz CT molecular complexity index is 899. The molecule has 26 heavy (non-hydrogen) atoms. The van der Waals surface area contributed by atoms with Crippen molar-refractivity contribution in [2.45, 2.75) is 13.5 Å². The standard InChI is InChI=1S/C19H21N2O4P/c1-14-9-11-16(12-10-14)17-21-19(26(22,23-2)24-3)18(25-17)20-13-15-7-5-4-6-8-15/h4-12,20H,13H2,1-3H3. The molecule has 1 N–H and O–H groups in total. The molecule has 0 fully saturated rings. The molecule has 0 aliphatic heterocycles. The van der Waals surface area contributed by atoms with E-state index in [9.17, 15) is 4.57 Å². The molecule has 7 heteroatoms. The molecule has 1 aromatic heterocycles. The van der Waals surface area contributed by atoms with Crippen LogP contribution in [0, 0.1) is 6.92 Å². The minimum Gasteiger partial charge on any atom is -0.420 e. The van der Waals surface area contributed by atoms with Gasteiger partial charge in [0.15, 0.2) is 0 Å². The summed E-state index contributed by atoms with van der Waals surface area (Å²) in [5, 5.41) is 3.14. The van der Waals surface area contributed by atoms with E-state index < -0.39 is 7.60 Å². The second-order valence-electron chi connectivity index (χ2n) is 5.74. The zero-order chi connectivity index (χ0) is 18.6. The second-order valence-corrected chi connectivity index (χ2v) is 7.89. The molecule has 2 aromatic carbocycles. The van der Waals surface area contributed by atoms with E-state index in [1.165, 1.54) is 14.2 Å². The average molecular weight is 372 g/mol. The number of rotatable bonds is 7. The van der Waals surface area contributed by atoms with E-state index in [4.69, 9.17) is 13.5 Å². The predicted octanol–water partition coefficient (Wildman–Crippen LogP) is 4.37. The molecular weight excluding hydrogens is 351 g/mol. The summed E-state index contributed by atoms with van der Waals surface area (Å²) in [6.07, 6.45) is 0. The van der Waals surface area contributed by atoms with Crippen molar-refractivity contribution in [1.29, 1.82) is 0 Å². The highest BCUT2D eigenvalue weighted by atomic mass is 31.2. The summed E-state index contributed by atoms with van der Waals surface area (Å²) >= 11 is 0. The molecule has 0 atom stereocenters. The van der Waals surface area contributed by atoms with Gasteiger partial charge in [-0.2, -0.15) is 4.98 Å². The Morgan fingerprint density at radius 2 is 1.69 bits per heavy atom. The normalized spacial score (nSPS) is 11.5. The van der Waals surface area contributed by atoms with Gasteiger partial charge in [0.05, 0.1) is 0 Å². The van der Waals surface area contributed by atoms with Crippen LogP contribution < -0.4 is 10.8 Å². The third-order valence-electron chi connectivity index (χ3n) is 3.94. The Morgan fingerprint density at radius 3 is 2.31 bits per heavy atom. The van der Waals surface area contributed by atoms with Crippen molar-refractivity contribution >= 4 is 18.9 Å². The zero-order valence-corrected chi connectivity index (χ0v) is 15.8. The fraction of sp³-hybridized carbons (Fsp3) is 0.211. The summed E-state index contributed by atoms with van der Waals surface area (Å²) in [4.78, 5) is 4.39. The Labute approximate surface area is 152 Å². The summed E-state index contributed by atoms with van der Waals surface area (Å²) in [5.74, 6) is 0.626. The van der Waals surface area contributed by atoms with Crippen molar-refractivity contribution in [1.82, 2.24) is 4.98 Å². The van der Waals surface area contributed by atoms with Crippen molar-refractivity contribution in [3.05, 3.63) is 65.7 Å². The first-order valence-electron chi connectivity index (χ1n) is 8.13. The van der Waals surface area contributed by atoms with Gasteiger partial charge in [-0.15, -0.1) is 0 Å². The Balaban J connectivity index is 1.97. The molecule has 3 rings (SSSR count). The lowest BCUT2D eigenvalue weighted by Gasteiger charge is -2.12. The first kappa shape index (κ1) is 18.4. The molecule has 0 saturated carbocycles. The molecule has 0 aliphatic rings. The van der Waals surface area contributed by atoms with Crippen LogP contribution in [0.15, 0.2) is 59.0 Å². The Morgan fingerprint density at radius 1 is 1.04 bits per heavy atom. The van der Waals surface area contributed by atoms with E-state index in [1.54, 1.807) is 0 Å². The highest BCUT2D eigenvalue weighted by Crippen LogP contribution is 2.47. The SMILES string of the molecule is COP(=O)(OC)c1nc(-c2ccc(C)cc2)oc1NCc1ccccc1. The van der Waals surface area contributed by atoms with Gasteiger partial charge in [0.2, 0.25) is 17.2 Å². The topological polar surface area (TPSA) is 73.6 Å². The van der Waals surface area contributed by atoms with Gasteiger partial charge in [-0.05, 0) is 24.6 Å². The van der Waals surface area contributed by atoms with Crippen LogP contribution in [0.3, 0.4) is 0 Å². The van der Waals surface area contributed by atoms with Crippen LogP contribution in [-0.4, -0.2) is 19.2 Å². The van der Waals surface area contributed by atoms with E-state index in [1.807, 2.05) is 61.5 Å². The van der Waals surface area contributed by atoms with Crippen LogP contribution in [0.25, 0.3) is 11.5 Å².